The fourth-order valence-corrected chi connectivity index (χ4v) is 2.69. The maximum atomic E-state index is 13.7. The van der Waals surface area contributed by atoms with Gasteiger partial charge in [-0.3, -0.25) is 19.3 Å². The van der Waals surface area contributed by atoms with Crippen LogP contribution in [0.15, 0.2) is 46.9 Å². The zero-order valence-electron chi connectivity index (χ0n) is 12.3. The first-order valence-electron chi connectivity index (χ1n) is 7.02. The van der Waals surface area contributed by atoms with Gasteiger partial charge in [-0.05, 0) is 24.3 Å². The average Bonchev–Trinajstić information content (AvgIpc) is 2.79. The number of hydrogen-bond donors (Lipinski definition) is 0. The van der Waals surface area contributed by atoms with Crippen molar-refractivity contribution in [3.63, 3.8) is 0 Å². The summed E-state index contributed by atoms with van der Waals surface area (Å²) >= 11 is 3.13. The molecule has 0 bridgehead atoms. The highest BCUT2D eigenvalue weighted by Gasteiger charge is 2.36. The van der Waals surface area contributed by atoms with Gasteiger partial charge in [-0.15, -0.1) is 0 Å². The van der Waals surface area contributed by atoms with Gasteiger partial charge in [0.15, 0.2) is 0 Å². The number of imide groups is 1. The lowest BCUT2D eigenvalue weighted by Crippen LogP contribution is -2.35. The van der Waals surface area contributed by atoms with Crippen LogP contribution in [-0.2, 0) is 16.1 Å². The molecule has 0 spiro atoms. The molecule has 0 N–H and O–H groups in total. The molecule has 24 heavy (non-hydrogen) atoms. The Morgan fingerprint density at radius 3 is 2.29 bits per heavy atom. The van der Waals surface area contributed by atoms with E-state index < -0.39 is 30.1 Å². The van der Waals surface area contributed by atoms with Crippen molar-refractivity contribution in [1.29, 1.82) is 0 Å². The van der Waals surface area contributed by atoms with Crippen molar-refractivity contribution in [2.75, 3.05) is 6.54 Å². The lowest BCUT2D eigenvalue weighted by Gasteiger charge is -2.13. The predicted molar refractivity (Wildman–Crippen MR) is 85.7 cm³/mol. The third-order valence-corrected chi connectivity index (χ3v) is 4.06. The lowest BCUT2D eigenvalue weighted by atomic mass is 10.1. The fourth-order valence-electron chi connectivity index (χ4n) is 2.35. The van der Waals surface area contributed by atoms with Crippen molar-refractivity contribution in [2.45, 2.75) is 6.61 Å². The second-order valence-corrected chi connectivity index (χ2v) is 6.05. The second-order valence-electron chi connectivity index (χ2n) is 5.14. The maximum absolute atomic E-state index is 13.7. The van der Waals surface area contributed by atoms with Gasteiger partial charge in [-0.25, -0.2) is 4.39 Å². The van der Waals surface area contributed by atoms with E-state index in [1.165, 1.54) is 24.3 Å². The molecule has 2 aromatic rings. The molecule has 1 heterocycles. The van der Waals surface area contributed by atoms with Gasteiger partial charge in [0.1, 0.15) is 19.0 Å². The van der Waals surface area contributed by atoms with Crippen LogP contribution in [0.4, 0.5) is 4.39 Å². The van der Waals surface area contributed by atoms with Crippen LogP contribution in [0.5, 0.6) is 0 Å². The first kappa shape index (κ1) is 16.3. The smallest absolute Gasteiger partial charge is 0.326 e. The summed E-state index contributed by atoms with van der Waals surface area (Å²) in [7, 11) is 0. The third-order valence-electron chi connectivity index (χ3n) is 3.57. The van der Waals surface area contributed by atoms with Gasteiger partial charge in [-0.1, -0.05) is 34.1 Å². The quantitative estimate of drug-likeness (QED) is 0.593. The first-order valence-corrected chi connectivity index (χ1v) is 7.81. The van der Waals surface area contributed by atoms with Crippen molar-refractivity contribution in [1.82, 2.24) is 4.90 Å². The van der Waals surface area contributed by atoms with Gasteiger partial charge in [0.05, 0.1) is 11.1 Å². The lowest BCUT2D eigenvalue weighted by molar-refractivity contribution is -0.145. The van der Waals surface area contributed by atoms with Gasteiger partial charge in [0, 0.05) is 10.0 Å². The summed E-state index contributed by atoms with van der Waals surface area (Å²) in [4.78, 5) is 37.0. The standard InChI is InChI=1S/C17H11BrFNO4/c18-11-6-5-10(14(19)7-11)9-24-15(21)8-20-16(22)12-3-1-2-4-13(12)17(20)23/h1-7H,8-9H2. The van der Waals surface area contributed by atoms with Gasteiger partial charge < -0.3 is 4.74 Å². The number of benzene rings is 2. The van der Waals surface area contributed by atoms with Crippen molar-refractivity contribution in [3.8, 4) is 0 Å². The number of carbonyl (C=O) groups is 3. The van der Waals surface area contributed by atoms with Crippen LogP contribution in [0.1, 0.15) is 26.3 Å². The minimum Gasteiger partial charge on any atom is -0.459 e. The number of carbonyl (C=O) groups excluding carboxylic acids is 3. The molecular formula is C17H11BrFNO4. The summed E-state index contributed by atoms with van der Waals surface area (Å²) in [5.74, 6) is -2.38. The molecule has 7 heteroatoms. The van der Waals surface area contributed by atoms with Crippen LogP contribution < -0.4 is 0 Å². The van der Waals surface area contributed by atoms with E-state index in [4.69, 9.17) is 4.74 Å². The molecule has 0 unspecified atom stereocenters. The molecule has 1 aliphatic heterocycles. The van der Waals surface area contributed by atoms with Crippen molar-refractivity contribution < 1.29 is 23.5 Å². The van der Waals surface area contributed by atoms with E-state index in [0.717, 1.165) is 4.90 Å². The number of amides is 2. The highest BCUT2D eigenvalue weighted by molar-refractivity contribution is 9.10. The zero-order chi connectivity index (χ0) is 17.3. The Morgan fingerprint density at radius 2 is 1.71 bits per heavy atom. The molecule has 122 valence electrons. The summed E-state index contributed by atoms with van der Waals surface area (Å²) in [5.41, 5.74) is 0.720. The number of hydrogen-bond acceptors (Lipinski definition) is 4. The molecule has 2 aromatic carbocycles. The van der Waals surface area contributed by atoms with E-state index in [9.17, 15) is 18.8 Å². The van der Waals surface area contributed by atoms with Crippen molar-refractivity contribution in [3.05, 3.63) is 69.4 Å². The SMILES string of the molecule is O=C(CN1C(=O)c2ccccc2C1=O)OCc1ccc(Br)cc1F. The van der Waals surface area contributed by atoms with Gasteiger partial charge in [0.2, 0.25) is 0 Å². The minimum absolute atomic E-state index is 0.203. The average molecular weight is 392 g/mol. The van der Waals surface area contributed by atoms with E-state index in [2.05, 4.69) is 15.9 Å². The van der Waals surface area contributed by atoms with E-state index in [0.29, 0.717) is 4.47 Å². The molecule has 0 atom stereocenters. The van der Waals surface area contributed by atoms with E-state index in [1.807, 2.05) is 0 Å². The van der Waals surface area contributed by atoms with E-state index in [-0.39, 0.29) is 23.3 Å². The maximum Gasteiger partial charge on any atom is 0.326 e. The highest BCUT2D eigenvalue weighted by Crippen LogP contribution is 2.22. The summed E-state index contributed by atoms with van der Waals surface area (Å²) < 4.78 is 19.2. The Balaban J connectivity index is 1.64. The third kappa shape index (κ3) is 3.07. The van der Waals surface area contributed by atoms with Crippen molar-refractivity contribution in [2.24, 2.45) is 0 Å². The van der Waals surface area contributed by atoms with Crippen LogP contribution in [0.2, 0.25) is 0 Å². The summed E-state index contributed by atoms with van der Waals surface area (Å²) in [6.07, 6.45) is 0. The van der Waals surface area contributed by atoms with Crippen LogP contribution in [0.25, 0.3) is 0 Å². The topological polar surface area (TPSA) is 63.7 Å². The van der Waals surface area contributed by atoms with Gasteiger partial charge >= 0.3 is 5.97 Å². The molecule has 0 radical (unpaired) electrons. The molecule has 2 amide bonds. The molecular weight excluding hydrogens is 381 g/mol. The van der Waals surface area contributed by atoms with Crippen LogP contribution in [0, 0.1) is 5.82 Å². The molecule has 3 rings (SSSR count). The highest BCUT2D eigenvalue weighted by atomic mass is 79.9. The molecule has 0 saturated carbocycles. The largest absolute Gasteiger partial charge is 0.459 e. The Labute approximate surface area is 145 Å². The van der Waals surface area contributed by atoms with Crippen LogP contribution in [-0.4, -0.2) is 29.2 Å². The fraction of sp³-hybridized carbons (Fsp3) is 0.118. The Bertz CT molecular complexity index is 817. The monoisotopic (exact) mass is 391 g/mol. The minimum atomic E-state index is -0.785. The Morgan fingerprint density at radius 1 is 1.08 bits per heavy atom. The summed E-state index contributed by atoms with van der Waals surface area (Å²) in [6, 6.07) is 10.7. The number of nitrogens with zero attached hydrogens (tertiary/aromatic N) is 1. The second kappa shape index (κ2) is 6.52. The predicted octanol–water partition coefficient (Wildman–Crippen LogP) is 2.93. The Hall–Kier alpha value is -2.54. The normalized spacial score (nSPS) is 13.2. The molecule has 5 nitrogen and oxygen atoms in total. The van der Waals surface area contributed by atoms with Crippen LogP contribution in [0.3, 0.4) is 0 Å². The van der Waals surface area contributed by atoms with E-state index in [1.54, 1.807) is 18.2 Å². The van der Waals surface area contributed by atoms with Gasteiger partial charge in [0.25, 0.3) is 11.8 Å². The number of halogens is 2. The van der Waals surface area contributed by atoms with Crippen molar-refractivity contribution >= 4 is 33.7 Å². The number of rotatable bonds is 4. The van der Waals surface area contributed by atoms with Gasteiger partial charge in [-0.2, -0.15) is 0 Å². The zero-order valence-corrected chi connectivity index (χ0v) is 13.9. The number of esters is 1. The number of fused-ring (bicyclic) bond motifs is 1. The first-order chi connectivity index (χ1) is 11.5. The molecule has 1 aliphatic rings. The van der Waals surface area contributed by atoms with E-state index >= 15 is 0 Å². The molecule has 0 aliphatic carbocycles. The molecule has 0 saturated heterocycles. The molecule has 0 aromatic heterocycles. The molecule has 0 fully saturated rings. The number of ether oxygens (including phenoxy) is 1. The summed E-state index contributed by atoms with van der Waals surface area (Å²) in [5, 5.41) is 0. The summed E-state index contributed by atoms with van der Waals surface area (Å²) in [6.45, 7) is -0.786. The Kier molecular flexibility index (Phi) is 4.44. The van der Waals surface area contributed by atoms with Crippen LogP contribution >= 0.6 is 15.9 Å².